The Hall–Kier alpha value is -0.0500. The van der Waals surface area contributed by atoms with Crippen LogP contribution in [0.5, 0.6) is 0 Å². The van der Waals surface area contributed by atoms with Crippen molar-refractivity contribution in [3.63, 3.8) is 0 Å². The van der Waals surface area contributed by atoms with Crippen molar-refractivity contribution < 1.29 is 9.84 Å². The molecule has 0 fully saturated rings. The minimum atomic E-state index is -0.00469. The molecule has 1 atom stereocenters. The molecule has 0 heterocycles. The second kappa shape index (κ2) is 5.71. The average molecular weight is 165 g/mol. The lowest BCUT2D eigenvalue weighted by atomic mass is 10.2. The van der Waals surface area contributed by atoms with E-state index in [2.05, 4.69) is 0 Å². The lowest BCUT2D eigenvalue weighted by molar-refractivity contribution is 0.120. The van der Waals surface area contributed by atoms with Crippen molar-refractivity contribution in [3.8, 4) is 0 Å². The zero-order valence-electron chi connectivity index (χ0n) is 6.30. The van der Waals surface area contributed by atoms with Crippen LogP contribution < -0.4 is 0 Å². The summed E-state index contributed by atoms with van der Waals surface area (Å²) in [6, 6.07) is 0. The van der Waals surface area contributed by atoms with Gasteiger partial charge in [0, 0.05) is 18.6 Å². The first-order valence-corrected chi connectivity index (χ1v) is 3.56. The summed E-state index contributed by atoms with van der Waals surface area (Å²) in [4.78, 5) is 0. The Morgan fingerprint density at radius 1 is 1.80 bits per heavy atom. The SMILES string of the molecule is COC(C)C/C(Cl)=C/CO. The van der Waals surface area contributed by atoms with Gasteiger partial charge in [0.25, 0.3) is 0 Å². The lowest BCUT2D eigenvalue weighted by Crippen LogP contribution is -2.03. The predicted octanol–water partition coefficient (Wildman–Crippen LogP) is 1.53. The summed E-state index contributed by atoms with van der Waals surface area (Å²) in [5.41, 5.74) is 0. The molecule has 0 spiro atoms. The molecular weight excluding hydrogens is 152 g/mol. The highest BCUT2D eigenvalue weighted by Crippen LogP contribution is 2.10. The number of aliphatic hydroxyl groups is 1. The summed E-state index contributed by atoms with van der Waals surface area (Å²) in [5, 5.41) is 9.07. The largest absolute Gasteiger partial charge is 0.392 e. The van der Waals surface area contributed by atoms with E-state index in [0.717, 1.165) is 0 Å². The van der Waals surface area contributed by atoms with Gasteiger partial charge in [0.1, 0.15) is 0 Å². The number of methoxy groups -OCH3 is 1. The van der Waals surface area contributed by atoms with Gasteiger partial charge in [0.05, 0.1) is 12.7 Å². The van der Waals surface area contributed by atoms with Crippen LogP contribution in [0.4, 0.5) is 0 Å². The van der Waals surface area contributed by atoms with Crippen LogP contribution in [0.3, 0.4) is 0 Å². The van der Waals surface area contributed by atoms with E-state index >= 15 is 0 Å². The van der Waals surface area contributed by atoms with E-state index in [9.17, 15) is 0 Å². The molecule has 1 N–H and O–H groups in total. The van der Waals surface area contributed by atoms with Gasteiger partial charge in [-0.05, 0) is 13.0 Å². The molecule has 0 saturated carbocycles. The van der Waals surface area contributed by atoms with Crippen LogP contribution in [0.15, 0.2) is 11.1 Å². The smallest absolute Gasteiger partial charge is 0.0626 e. The first-order valence-electron chi connectivity index (χ1n) is 3.19. The molecule has 0 radical (unpaired) electrons. The van der Waals surface area contributed by atoms with Crippen LogP contribution in [0.2, 0.25) is 0 Å². The molecule has 0 saturated heterocycles. The second-order valence-corrected chi connectivity index (χ2v) is 2.57. The predicted molar refractivity (Wildman–Crippen MR) is 42.1 cm³/mol. The normalized spacial score (nSPS) is 15.4. The zero-order chi connectivity index (χ0) is 7.98. The highest BCUT2D eigenvalue weighted by atomic mass is 35.5. The summed E-state index contributed by atoms with van der Waals surface area (Å²) < 4.78 is 4.96. The summed E-state index contributed by atoms with van der Waals surface area (Å²) in [7, 11) is 1.63. The zero-order valence-corrected chi connectivity index (χ0v) is 7.06. The van der Waals surface area contributed by atoms with Gasteiger partial charge in [-0.25, -0.2) is 0 Å². The lowest BCUT2D eigenvalue weighted by Gasteiger charge is -2.06. The first-order chi connectivity index (χ1) is 4.70. The van der Waals surface area contributed by atoms with Crippen LogP contribution in [-0.4, -0.2) is 24.9 Å². The third kappa shape index (κ3) is 4.79. The standard InChI is InChI=1S/C7H13ClO2/c1-6(10-2)5-7(8)3-4-9/h3,6,9H,4-5H2,1-2H3/b7-3-. The Labute approximate surface area is 66.5 Å². The van der Waals surface area contributed by atoms with E-state index in [4.69, 9.17) is 21.4 Å². The second-order valence-electron chi connectivity index (χ2n) is 2.08. The fraction of sp³-hybridized carbons (Fsp3) is 0.714. The van der Waals surface area contributed by atoms with Crippen molar-refractivity contribution in [2.24, 2.45) is 0 Å². The number of halogens is 1. The third-order valence-corrected chi connectivity index (χ3v) is 1.51. The highest BCUT2D eigenvalue weighted by Gasteiger charge is 2.00. The number of hydrogen-bond donors (Lipinski definition) is 1. The Morgan fingerprint density at radius 2 is 2.40 bits per heavy atom. The van der Waals surface area contributed by atoms with Gasteiger partial charge in [0.15, 0.2) is 0 Å². The molecule has 3 heteroatoms. The molecule has 0 aromatic carbocycles. The number of hydrogen-bond acceptors (Lipinski definition) is 2. The molecule has 2 nitrogen and oxygen atoms in total. The van der Waals surface area contributed by atoms with E-state index < -0.39 is 0 Å². The van der Waals surface area contributed by atoms with Crippen LogP contribution in [0.25, 0.3) is 0 Å². The summed E-state index contributed by atoms with van der Waals surface area (Å²) in [5.74, 6) is 0. The van der Waals surface area contributed by atoms with Crippen molar-refractivity contribution in [1.82, 2.24) is 0 Å². The molecule has 0 amide bonds. The van der Waals surface area contributed by atoms with Gasteiger partial charge in [-0.1, -0.05) is 11.6 Å². The minimum Gasteiger partial charge on any atom is -0.392 e. The summed E-state index contributed by atoms with van der Waals surface area (Å²) >= 11 is 5.68. The number of rotatable bonds is 4. The highest BCUT2D eigenvalue weighted by molar-refractivity contribution is 6.29. The third-order valence-electron chi connectivity index (χ3n) is 1.20. The number of aliphatic hydroxyl groups excluding tert-OH is 1. The van der Waals surface area contributed by atoms with Crippen molar-refractivity contribution in [3.05, 3.63) is 11.1 Å². The van der Waals surface area contributed by atoms with Crippen molar-refractivity contribution in [2.75, 3.05) is 13.7 Å². The van der Waals surface area contributed by atoms with Crippen molar-refractivity contribution >= 4 is 11.6 Å². The number of ether oxygens (including phenoxy) is 1. The molecule has 0 aromatic heterocycles. The van der Waals surface area contributed by atoms with Gasteiger partial charge in [0.2, 0.25) is 0 Å². The molecule has 10 heavy (non-hydrogen) atoms. The molecular formula is C7H13ClO2. The van der Waals surface area contributed by atoms with Crippen LogP contribution in [0.1, 0.15) is 13.3 Å². The molecule has 0 rings (SSSR count). The van der Waals surface area contributed by atoms with Crippen LogP contribution in [0, 0.1) is 0 Å². The fourth-order valence-corrected chi connectivity index (χ4v) is 0.827. The topological polar surface area (TPSA) is 29.5 Å². The average Bonchev–Trinajstić information content (AvgIpc) is 1.88. The summed E-state index contributed by atoms with van der Waals surface area (Å²) in [6.07, 6.45) is 2.35. The van der Waals surface area contributed by atoms with Gasteiger partial charge in [-0.3, -0.25) is 0 Å². The molecule has 60 valence electrons. The Morgan fingerprint density at radius 3 is 2.80 bits per heavy atom. The first kappa shape index (κ1) is 9.95. The van der Waals surface area contributed by atoms with Crippen LogP contribution in [-0.2, 0) is 4.74 Å². The summed E-state index contributed by atoms with van der Waals surface area (Å²) in [6.45, 7) is 1.92. The molecule has 0 aliphatic carbocycles. The van der Waals surface area contributed by atoms with E-state index in [-0.39, 0.29) is 12.7 Å². The van der Waals surface area contributed by atoms with Gasteiger partial charge in [-0.2, -0.15) is 0 Å². The Kier molecular flexibility index (Phi) is 5.69. The van der Waals surface area contributed by atoms with Gasteiger partial charge in [-0.15, -0.1) is 0 Å². The fourth-order valence-electron chi connectivity index (χ4n) is 0.540. The van der Waals surface area contributed by atoms with Gasteiger partial charge >= 0.3 is 0 Å². The maximum Gasteiger partial charge on any atom is 0.0626 e. The Balaban J connectivity index is 3.56. The van der Waals surface area contributed by atoms with E-state index in [1.807, 2.05) is 6.92 Å². The molecule has 0 aromatic rings. The Bertz CT molecular complexity index is 112. The maximum absolute atomic E-state index is 8.42. The quantitative estimate of drug-likeness (QED) is 0.683. The minimum absolute atomic E-state index is 0.00469. The van der Waals surface area contributed by atoms with E-state index in [1.165, 1.54) is 0 Å². The maximum atomic E-state index is 8.42. The van der Waals surface area contributed by atoms with Crippen molar-refractivity contribution in [2.45, 2.75) is 19.4 Å². The molecule has 0 aliphatic rings. The molecule has 1 unspecified atom stereocenters. The van der Waals surface area contributed by atoms with E-state index in [0.29, 0.717) is 11.5 Å². The van der Waals surface area contributed by atoms with Gasteiger partial charge < -0.3 is 9.84 Å². The van der Waals surface area contributed by atoms with Crippen LogP contribution >= 0.6 is 11.6 Å². The molecule has 0 aliphatic heterocycles. The molecule has 0 bridgehead atoms. The van der Waals surface area contributed by atoms with Crippen molar-refractivity contribution in [1.29, 1.82) is 0 Å². The van der Waals surface area contributed by atoms with E-state index in [1.54, 1.807) is 13.2 Å². The monoisotopic (exact) mass is 164 g/mol.